The summed E-state index contributed by atoms with van der Waals surface area (Å²) in [6.45, 7) is 4.20. The van der Waals surface area contributed by atoms with Crippen LogP contribution in [0.3, 0.4) is 0 Å². The van der Waals surface area contributed by atoms with Crippen molar-refractivity contribution in [3.05, 3.63) is 170 Å². The minimum atomic E-state index is -4.79. The van der Waals surface area contributed by atoms with E-state index >= 15 is 0 Å². The van der Waals surface area contributed by atoms with Gasteiger partial charge in [-0.2, -0.15) is 0 Å². The molecule has 472 valence electrons. The quantitative estimate of drug-likeness (QED) is 0.0197. The predicted octanol–water partition coefficient (Wildman–Crippen LogP) is 19.8. The lowest BCUT2D eigenvalue weighted by molar-refractivity contribution is -0.161. The molecule has 0 saturated carbocycles. The minimum absolute atomic E-state index is 0.109. The number of ether oxygens (including phenoxy) is 3. The first-order valence-electron chi connectivity index (χ1n) is 32.0. The van der Waals surface area contributed by atoms with Crippen molar-refractivity contribution in [2.24, 2.45) is 0 Å². The molecule has 11 nitrogen and oxygen atoms in total. The fourth-order valence-electron chi connectivity index (χ4n) is 7.87. The highest BCUT2D eigenvalue weighted by Crippen LogP contribution is 2.43. The Morgan fingerprint density at radius 1 is 0.333 bits per heavy atom. The molecule has 12 heteroatoms. The summed E-state index contributed by atoms with van der Waals surface area (Å²) in [7, 11) is -4.79. The average molecular weight is 1190 g/mol. The molecule has 0 aromatic rings. The first-order chi connectivity index (χ1) is 41.2. The van der Waals surface area contributed by atoms with E-state index in [2.05, 4.69) is 191 Å². The lowest BCUT2D eigenvalue weighted by Gasteiger charge is -2.21. The summed E-state index contributed by atoms with van der Waals surface area (Å²) < 4.78 is 39.6. The second-order valence-corrected chi connectivity index (χ2v) is 21.9. The Morgan fingerprint density at radius 2 is 0.583 bits per heavy atom. The zero-order chi connectivity index (χ0) is 61.2. The third-order valence-corrected chi connectivity index (χ3v) is 13.6. The molecule has 0 saturated heterocycles. The van der Waals surface area contributed by atoms with Crippen molar-refractivity contribution in [2.45, 2.75) is 238 Å². The second kappa shape index (κ2) is 63.9. The zero-order valence-electron chi connectivity index (χ0n) is 52.3. The Balaban J connectivity index is 4.85. The number of carbonyl (C=O) groups excluding carboxylic acids is 3. The number of hydrogen-bond donors (Lipinski definition) is 2. The van der Waals surface area contributed by atoms with E-state index < -0.39 is 57.8 Å². The van der Waals surface area contributed by atoms with Crippen LogP contribution in [0, 0.1) is 0 Å². The summed E-state index contributed by atoms with van der Waals surface area (Å²) in [4.78, 5) is 48.8. The van der Waals surface area contributed by atoms with Gasteiger partial charge in [0.25, 0.3) is 0 Å². The molecular weight excluding hydrogens is 1070 g/mol. The highest BCUT2D eigenvalue weighted by Gasteiger charge is 2.28. The molecule has 3 unspecified atom stereocenters. The SMILES string of the molecule is CC/C=C\C/C=C\C/C=C\C/C=C\C/C=C\CCCCCC(=O)OCC(COP(=O)(O)OCC(CO)OC(=O)CCCCCCCC/C=C\C/C=C\C/C=C\C/C=C\CC)OC(=O)CCCCC/C=C\C/C=C\C/C=C\C/C=C\C/C=C\CC. The molecule has 3 atom stereocenters. The van der Waals surface area contributed by atoms with Crippen molar-refractivity contribution < 1.29 is 52.2 Å². The number of carbonyl (C=O) groups is 3. The van der Waals surface area contributed by atoms with E-state index in [1.54, 1.807) is 0 Å². The topological polar surface area (TPSA) is 155 Å². The number of aliphatic hydroxyl groups excluding tert-OH is 1. The Morgan fingerprint density at radius 3 is 0.905 bits per heavy atom. The highest BCUT2D eigenvalue weighted by atomic mass is 31.2. The van der Waals surface area contributed by atoms with Crippen LogP contribution >= 0.6 is 7.82 Å². The fourth-order valence-corrected chi connectivity index (χ4v) is 8.65. The Kier molecular flexibility index (Phi) is 59.9. The maximum atomic E-state index is 13.0. The molecule has 0 aromatic heterocycles. The molecule has 0 aromatic carbocycles. The number of esters is 3. The standard InChI is InChI=1S/C72H113O11P/c1-4-7-10-13-16-19-22-25-28-31-34-37-40-43-46-49-52-55-58-61-70(74)79-65-69(83-72(76)63-60-57-54-51-48-45-42-39-36-33-30-27-24-21-18-15-12-9-6-3)67-81-84(77,78)80-66-68(64-73)82-71(75)62-59-56-53-50-47-44-41-38-35-32-29-26-23-20-17-14-11-8-5-2/h7-12,16-21,25-30,34-39,43,45-46,48,68-69,73H,4-6,13-15,22-24,31-33,40-42,44,47,49-67H2,1-3H3,(H,77,78)/b10-7-,11-8-,12-9-,19-16-,20-17-,21-18-,28-25-,29-26-,30-27-,37-34-,38-35-,39-36-,46-43-,48-45-. The van der Waals surface area contributed by atoms with E-state index in [0.29, 0.717) is 19.3 Å². The summed E-state index contributed by atoms with van der Waals surface area (Å²) in [5.74, 6) is -1.58. The van der Waals surface area contributed by atoms with Gasteiger partial charge in [0.1, 0.15) is 12.7 Å². The largest absolute Gasteiger partial charge is 0.472 e. The van der Waals surface area contributed by atoms with Crippen LogP contribution in [-0.4, -0.2) is 66.5 Å². The zero-order valence-corrected chi connectivity index (χ0v) is 53.2. The lowest BCUT2D eigenvalue weighted by atomic mass is 10.1. The molecule has 0 fully saturated rings. The normalized spacial score (nSPS) is 14.4. The number of allylic oxidation sites excluding steroid dienone is 28. The van der Waals surface area contributed by atoms with E-state index in [-0.39, 0.29) is 25.9 Å². The maximum absolute atomic E-state index is 13.0. The van der Waals surface area contributed by atoms with E-state index in [9.17, 15) is 28.9 Å². The van der Waals surface area contributed by atoms with Crippen LogP contribution in [0.15, 0.2) is 170 Å². The van der Waals surface area contributed by atoms with Crippen molar-refractivity contribution in [3.63, 3.8) is 0 Å². The Bertz CT molecular complexity index is 2060. The fraction of sp³-hybridized carbons (Fsp3) is 0.569. The smallest absolute Gasteiger partial charge is 0.462 e. The molecule has 0 amide bonds. The van der Waals surface area contributed by atoms with Gasteiger partial charge < -0.3 is 24.2 Å². The van der Waals surface area contributed by atoms with Crippen molar-refractivity contribution in [2.75, 3.05) is 26.4 Å². The minimum Gasteiger partial charge on any atom is -0.462 e. The van der Waals surface area contributed by atoms with Crippen LogP contribution in [0.1, 0.15) is 226 Å². The van der Waals surface area contributed by atoms with Crippen molar-refractivity contribution in [1.29, 1.82) is 0 Å². The molecule has 0 aliphatic carbocycles. The number of rotatable bonds is 57. The van der Waals surface area contributed by atoms with E-state index in [1.165, 1.54) is 0 Å². The molecule has 2 N–H and O–H groups in total. The van der Waals surface area contributed by atoms with Crippen LogP contribution in [0.4, 0.5) is 0 Å². The first-order valence-corrected chi connectivity index (χ1v) is 33.5. The number of phosphoric acid groups is 1. The van der Waals surface area contributed by atoms with E-state index in [0.717, 1.165) is 167 Å². The molecule has 0 bridgehead atoms. The van der Waals surface area contributed by atoms with E-state index in [4.69, 9.17) is 23.3 Å². The van der Waals surface area contributed by atoms with Crippen LogP contribution in [0.5, 0.6) is 0 Å². The van der Waals surface area contributed by atoms with Gasteiger partial charge in [-0.05, 0) is 148 Å². The summed E-state index contributed by atoms with van der Waals surface area (Å²) in [6.07, 6.45) is 85.8. The van der Waals surface area contributed by atoms with Gasteiger partial charge in [0, 0.05) is 19.3 Å². The Hall–Kier alpha value is -5.16. The predicted molar refractivity (Wildman–Crippen MR) is 352 cm³/mol. The molecule has 0 aliphatic heterocycles. The molecule has 0 heterocycles. The number of unbranched alkanes of at least 4 members (excludes halogenated alkanes) is 12. The number of phosphoric ester groups is 1. The van der Waals surface area contributed by atoms with Crippen LogP contribution < -0.4 is 0 Å². The van der Waals surface area contributed by atoms with Crippen LogP contribution in [0.25, 0.3) is 0 Å². The molecule has 0 rings (SSSR count). The molecule has 0 radical (unpaired) electrons. The summed E-state index contributed by atoms with van der Waals surface area (Å²) in [5, 5.41) is 9.86. The monoisotopic (exact) mass is 1180 g/mol. The van der Waals surface area contributed by atoms with E-state index in [1.807, 2.05) is 0 Å². The molecule has 0 aliphatic rings. The molecule has 84 heavy (non-hydrogen) atoms. The van der Waals surface area contributed by atoms with Gasteiger partial charge >= 0.3 is 25.7 Å². The summed E-state index contributed by atoms with van der Waals surface area (Å²) >= 11 is 0. The number of hydrogen-bond acceptors (Lipinski definition) is 10. The maximum Gasteiger partial charge on any atom is 0.472 e. The summed E-state index contributed by atoms with van der Waals surface area (Å²) in [5.41, 5.74) is 0. The van der Waals surface area contributed by atoms with Crippen molar-refractivity contribution >= 4 is 25.7 Å². The third kappa shape index (κ3) is 61.4. The van der Waals surface area contributed by atoms with Crippen LogP contribution in [-0.2, 0) is 42.2 Å². The van der Waals surface area contributed by atoms with Gasteiger partial charge in [-0.1, -0.05) is 229 Å². The molecule has 0 spiro atoms. The van der Waals surface area contributed by atoms with Gasteiger partial charge in [-0.15, -0.1) is 0 Å². The summed E-state index contributed by atoms with van der Waals surface area (Å²) in [6, 6.07) is 0. The molecular formula is C72H113O11P. The van der Waals surface area contributed by atoms with Gasteiger partial charge in [0.05, 0.1) is 19.8 Å². The van der Waals surface area contributed by atoms with Gasteiger partial charge in [-0.3, -0.25) is 23.4 Å². The van der Waals surface area contributed by atoms with Gasteiger partial charge in [0.15, 0.2) is 6.10 Å². The van der Waals surface area contributed by atoms with Crippen LogP contribution in [0.2, 0.25) is 0 Å². The van der Waals surface area contributed by atoms with Gasteiger partial charge in [-0.25, -0.2) is 4.57 Å². The van der Waals surface area contributed by atoms with Crippen molar-refractivity contribution in [3.8, 4) is 0 Å². The number of aliphatic hydroxyl groups is 1. The lowest BCUT2D eigenvalue weighted by Crippen LogP contribution is -2.30. The van der Waals surface area contributed by atoms with Gasteiger partial charge in [0.2, 0.25) is 0 Å². The Labute approximate surface area is 510 Å². The highest BCUT2D eigenvalue weighted by molar-refractivity contribution is 7.47. The first kappa shape index (κ1) is 78.8. The third-order valence-electron chi connectivity index (χ3n) is 12.6. The second-order valence-electron chi connectivity index (χ2n) is 20.4. The van der Waals surface area contributed by atoms with Crippen molar-refractivity contribution in [1.82, 2.24) is 0 Å². The average Bonchev–Trinajstić information content (AvgIpc) is 3.55.